The Morgan fingerprint density at radius 3 is 2.38 bits per heavy atom. The van der Waals surface area contributed by atoms with Crippen molar-refractivity contribution in [2.45, 2.75) is 19.4 Å². The van der Waals surface area contributed by atoms with Gasteiger partial charge in [-0.05, 0) is 35.7 Å². The predicted molar refractivity (Wildman–Crippen MR) is 91.2 cm³/mol. The molecule has 126 valence electrons. The van der Waals surface area contributed by atoms with Gasteiger partial charge in [0.2, 0.25) is 5.91 Å². The minimum absolute atomic E-state index is 0.0308. The second kappa shape index (κ2) is 8.15. The molecule has 5 heteroatoms. The number of carbonyl (C=O) groups excluding carboxylic acids is 1. The van der Waals surface area contributed by atoms with Crippen LogP contribution in [0, 0.1) is 0 Å². The van der Waals surface area contributed by atoms with Crippen molar-refractivity contribution >= 4 is 11.9 Å². The number of amides is 1. The summed E-state index contributed by atoms with van der Waals surface area (Å²) in [5.74, 6) is -0.136. The van der Waals surface area contributed by atoms with Crippen molar-refractivity contribution in [1.82, 2.24) is 4.90 Å². The third-order valence-corrected chi connectivity index (χ3v) is 3.85. The molecule has 0 saturated carbocycles. The molecule has 0 bridgehead atoms. The molecule has 5 nitrogen and oxygen atoms in total. The molecule has 2 aromatic rings. The Morgan fingerprint density at radius 1 is 1.08 bits per heavy atom. The molecule has 0 aliphatic heterocycles. The maximum Gasteiger partial charge on any atom is 0.335 e. The molecule has 2 rings (SSSR count). The Labute approximate surface area is 141 Å². The van der Waals surface area contributed by atoms with Gasteiger partial charge in [-0.3, -0.25) is 4.79 Å². The summed E-state index contributed by atoms with van der Waals surface area (Å²) in [5.41, 5.74) is 2.14. The lowest BCUT2D eigenvalue weighted by Gasteiger charge is -2.18. The minimum Gasteiger partial charge on any atom is -0.496 e. The van der Waals surface area contributed by atoms with Gasteiger partial charge in [0.25, 0.3) is 0 Å². The first-order valence-electron chi connectivity index (χ1n) is 7.69. The van der Waals surface area contributed by atoms with Crippen molar-refractivity contribution in [3.63, 3.8) is 0 Å². The molecule has 2 aromatic carbocycles. The molecule has 0 unspecified atom stereocenters. The second-order valence-corrected chi connectivity index (χ2v) is 5.56. The first-order chi connectivity index (χ1) is 11.5. The van der Waals surface area contributed by atoms with Crippen molar-refractivity contribution < 1.29 is 19.4 Å². The van der Waals surface area contributed by atoms with Crippen molar-refractivity contribution in [2.24, 2.45) is 0 Å². The van der Waals surface area contributed by atoms with Gasteiger partial charge in [-0.15, -0.1) is 0 Å². The van der Waals surface area contributed by atoms with E-state index in [9.17, 15) is 9.59 Å². The van der Waals surface area contributed by atoms with Crippen LogP contribution < -0.4 is 4.74 Å². The van der Waals surface area contributed by atoms with Crippen LogP contribution >= 0.6 is 0 Å². The Morgan fingerprint density at radius 2 is 1.75 bits per heavy atom. The van der Waals surface area contributed by atoms with Gasteiger partial charge < -0.3 is 14.7 Å². The predicted octanol–water partition coefficient (Wildman–Crippen LogP) is 2.98. The highest BCUT2D eigenvalue weighted by atomic mass is 16.5. The number of hydrogen-bond donors (Lipinski definition) is 1. The minimum atomic E-state index is -0.956. The summed E-state index contributed by atoms with van der Waals surface area (Å²) in [6.07, 6.45) is 1.01. The van der Waals surface area contributed by atoms with Crippen LogP contribution in [0.1, 0.15) is 27.9 Å². The van der Waals surface area contributed by atoms with Gasteiger partial charge in [-0.2, -0.15) is 0 Å². The van der Waals surface area contributed by atoms with Crippen LogP contribution in [-0.4, -0.2) is 36.0 Å². The number of methoxy groups -OCH3 is 1. The van der Waals surface area contributed by atoms with Gasteiger partial charge in [-0.25, -0.2) is 4.79 Å². The average molecular weight is 327 g/mol. The van der Waals surface area contributed by atoms with Crippen molar-refractivity contribution in [1.29, 1.82) is 0 Å². The monoisotopic (exact) mass is 327 g/mol. The van der Waals surface area contributed by atoms with Gasteiger partial charge in [0.1, 0.15) is 5.75 Å². The molecule has 1 amide bonds. The average Bonchev–Trinajstić information content (AvgIpc) is 2.60. The number of carboxylic acids is 1. The second-order valence-electron chi connectivity index (χ2n) is 5.56. The van der Waals surface area contributed by atoms with Crippen LogP contribution in [0.5, 0.6) is 5.75 Å². The number of aryl methyl sites for hydroxylation is 1. The zero-order valence-electron chi connectivity index (χ0n) is 13.9. The Kier molecular flexibility index (Phi) is 5.95. The van der Waals surface area contributed by atoms with Crippen molar-refractivity contribution in [2.75, 3.05) is 14.2 Å². The zero-order chi connectivity index (χ0) is 17.5. The molecule has 0 fully saturated rings. The van der Waals surface area contributed by atoms with Crippen molar-refractivity contribution in [3.05, 3.63) is 65.2 Å². The molecule has 0 aromatic heterocycles. The van der Waals surface area contributed by atoms with Crippen LogP contribution in [0.15, 0.2) is 48.5 Å². The molecule has 0 aliphatic rings. The number of hydrogen-bond acceptors (Lipinski definition) is 3. The van der Waals surface area contributed by atoms with Crippen LogP contribution in [0.4, 0.5) is 0 Å². The van der Waals surface area contributed by atoms with E-state index in [4.69, 9.17) is 9.84 Å². The maximum absolute atomic E-state index is 12.3. The Balaban J connectivity index is 1.91. The SMILES string of the molecule is COc1ccccc1CCC(=O)N(C)Cc1ccc(C(=O)O)cc1. The number of benzene rings is 2. The van der Waals surface area contributed by atoms with E-state index in [0.29, 0.717) is 19.4 Å². The van der Waals surface area contributed by atoms with E-state index in [0.717, 1.165) is 16.9 Å². The number of aromatic carboxylic acids is 1. The maximum atomic E-state index is 12.3. The summed E-state index contributed by atoms with van der Waals surface area (Å²) in [6, 6.07) is 14.2. The van der Waals surface area contributed by atoms with Crippen LogP contribution in [0.2, 0.25) is 0 Å². The standard InChI is InChI=1S/C19H21NO4/c1-20(13-14-7-9-16(10-8-14)19(22)23)18(21)12-11-15-5-3-4-6-17(15)24-2/h3-10H,11-13H2,1-2H3,(H,22,23). The fourth-order valence-electron chi connectivity index (χ4n) is 2.46. The first-order valence-corrected chi connectivity index (χ1v) is 7.69. The first kappa shape index (κ1) is 17.5. The molecule has 0 spiro atoms. The summed E-state index contributed by atoms with van der Waals surface area (Å²) in [4.78, 5) is 24.8. The van der Waals surface area contributed by atoms with E-state index in [1.54, 1.807) is 43.3 Å². The van der Waals surface area contributed by atoms with Crippen LogP contribution in [0.25, 0.3) is 0 Å². The number of rotatable bonds is 7. The van der Waals surface area contributed by atoms with Crippen molar-refractivity contribution in [3.8, 4) is 5.75 Å². The third kappa shape index (κ3) is 4.59. The van der Waals surface area contributed by atoms with Gasteiger partial charge >= 0.3 is 5.97 Å². The fraction of sp³-hybridized carbons (Fsp3) is 0.263. The van der Waals surface area contributed by atoms with Gasteiger partial charge in [0.05, 0.1) is 12.7 Å². The molecule has 1 N–H and O–H groups in total. The summed E-state index contributed by atoms with van der Waals surface area (Å²) in [5, 5.41) is 8.89. The quantitative estimate of drug-likeness (QED) is 0.849. The van der Waals surface area contributed by atoms with E-state index in [-0.39, 0.29) is 11.5 Å². The summed E-state index contributed by atoms with van der Waals surface area (Å²) >= 11 is 0. The number of carboxylic acid groups (broad SMARTS) is 1. The van der Waals surface area contributed by atoms with Gasteiger partial charge in [0, 0.05) is 20.0 Å². The zero-order valence-corrected chi connectivity index (χ0v) is 13.9. The molecule has 0 atom stereocenters. The molecule has 0 radical (unpaired) electrons. The molecule has 0 aliphatic carbocycles. The van der Waals surface area contributed by atoms with Gasteiger partial charge in [-0.1, -0.05) is 30.3 Å². The number of para-hydroxylation sites is 1. The molecule has 24 heavy (non-hydrogen) atoms. The smallest absolute Gasteiger partial charge is 0.335 e. The van der Waals surface area contributed by atoms with E-state index >= 15 is 0 Å². The molecular formula is C19H21NO4. The summed E-state index contributed by atoms with van der Waals surface area (Å²) in [6.45, 7) is 0.449. The fourth-order valence-corrected chi connectivity index (χ4v) is 2.46. The van der Waals surface area contributed by atoms with Gasteiger partial charge in [0.15, 0.2) is 0 Å². The van der Waals surface area contributed by atoms with E-state index in [1.807, 2.05) is 24.3 Å². The number of ether oxygens (including phenoxy) is 1. The normalized spacial score (nSPS) is 10.2. The highest BCUT2D eigenvalue weighted by Gasteiger charge is 2.11. The van der Waals surface area contributed by atoms with E-state index in [2.05, 4.69) is 0 Å². The molecule has 0 saturated heterocycles. The topological polar surface area (TPSA) is 66.8 Å². The Bertz CT molecular complexity index is 710. The lowest BCUT2D eigenvalue weighted by Crippen LogP contribution is -2.26. The molecule has 0 heterocycles. The number of nitrogens with zero attached hydrogens (tertiary/aromatic N) is 1. The highest BCUT2D eigenvalue weighted by molar-refractivity contribution is 5.87. The highest BCUT2D eigenvalue weighted by Crippen LogP contribution is 2.19. The summed E-state index contributed by atoms with van der Waals surface area (Å²) < 4.78 is 5.29. The van der Waals surface area contributed by atoms with E-state index < -0.39 is 5.97 Å². The lowest BCUT2D eigenvalue weighted by molar-refractivity contribution is -0.130. The van der Waals surface area contributed by atoms with Crippen LogP contribution in [-0.2, 0) is 17.8 Å². The largest absolute Gasteiger partial charge is 0.496 e. The van der Waals surface area contributed by atoms with Crippen LogP contribution in [0.3, 0.4) is 0 Å². The third-order valence-electron chi connectivity index (χ3n) is 3.85. The number of carbonyl (C=O) groups is 2. The summed E-state index contributed by atoms with van der Waals surface area (Å²) in [7, 11) is 3.36. The molecular weight excluding hydrogens is 306 g/mol. The Hall–Kier alpha value is -2.82. The van der Waals surface area contributed by atoms with E-state index in [1.165, 1.54) is 0 Å². The lowest BCUT2D eigenvalue weighted by atomic mass is 10.1.